The van der Waals surface area contributed by atoms with Crippen LogP contribution < -0.4 is 0 Å². The monoisotopic (exact) mass is 343 g/mol. The molecular formula is C12H13N3O7S. The second-order valence-electron chi connectivity index (χ2n) is 5.42. The molecule has 1 aromatic heterocycles. The van der Waals surface area contributed by atoms with Gasteiger partial charge >= 0.3 is 5.97 Å². The highest BCUT2D eigenvalue weighted by Crippen LogP contribution is 2.45. The van der Waals surface area contributed by atoms with Gasteiger partial charge in [0.1, 0.15) is 10.1 Å². The van der Waals surface area contributed by atoms with Crippen LogP contribution in [0.3, 0.4) is 0 Å². The molecule has 1 amide bonds. The van der Waals surface area contributed by atoms with Crippen LogP contribution in [0.15, 0.2) is 21.9 Å². The van der Waals surface area contributed by atoms with E-state index in [9.17, 15) is 23.1 Å². The zero-order chi connectivity index (χ0) is 16.8. The van der Waals surface area contributed by atoms with Crippen molar-refractivity contribution in [2.75, 3.05) is 0 Å². The maximum atomic E-state index is 12.5. The number of rotatable bonds is 5. The Morgan fingerprint density at radius 3 is 3.00 bits per heavy atom. The number of hydrogen-bond acceptors (Lipinski definition) is 8. The highest BCUT2D eigenvalue weighted by molar-refractivity contribution is 7.94. The van der Waals surface area contributed by atoms with Gasteiger partial charge in [-0.1, -0.05) is 10.3 Å². The summed E-state index contributed by atoms with van der Waals surface area (Å²) in [6, 6.07) is 0.00478. The fourth-order valence-electron chi connectivity index (χ4n) is 2.76. The van der Waals surface area contributed by atoms with Crippen molar-refractivity contribution < 1.29 is 32.5 Å². The molecule has 124 valence electrons. The van der Waals surface area contributed by atoms with E-state index in [1.165, 1.54) is 19.2 Å². The fourth-order valence-corrected chi connectivity index (χ4v) is 4.97. The van der Waals surface area contributed by atoms with Crippen molar-refractivity contribution in [3.05, 3.63) is 18.0 Å². The molecule has 0 radical (unpaired) electrons. The van der Waals surface area contributed by atoms with Crippen LogP contribution in [0.1, 0.15) is 19.1 Å². The van der Waals surface area contributed by atoms with Crippen molar-refractivity contribution in [2.45, 2.75) is 36.1 Å². The number of carbonyl (C=O) groups excluding carboxylic acids is 1. The maximum absolute atomic E-state index is 12.5. The lowest BCUT2D eigenvalue weighted by molar-refractivity contribution is -0.156. The van der Waals surface area contributed by atoms with Crippen LogP contribution in [0.4, 0.5) is 0 Å². The summed E-state index contributed by atoms with van der Waals surface area (Å²) >= 11 is 0. The van der Waals surface area contributed by atoms with E-state index in [1.54, 1.807) is 0 Å². The van der Waals surface area contributed by atoms with Crippen LogP contribution in [0.25, 0.3) is 0 Å². The van der Waals surface area contributed by atoms with E-state index in [-0.39, 0.29) is 13.0 Å². The smallest absolute Gasteiger partial charge is 0.328 e. The average molecular weight is 343 g/mol. The summed E-state index contributed by atoms with van der Waals surface area (Å²) in [6.45, 7) is 1.13. The summed E-state index contributed by atoms with van der Waals surface area (Å²) in [7, 11) is -3.93. The third kappa shape index (κ3) is 2.11. The minimum Gasteiger partial charge on any atom is -0.480 e. The highest BCUT2D eigenvalue weighted by Gasteiger charge is 2.69. The summed E-state index contributed by atoms with van der Waals surface area (Å²) in [5.41, 5.74) is 0. The zero-order valence-electron chi connectivity index (χ0n) is 11.9. The van der Waals surface area contributed by atoms with E-state index in [4.69, 9.17) is 9.36 Å². The Bertz CT molecular complexity index is 773. The Morgan fingerprint density at radius 1 is 1.70 bits per heavy atom. The van der Waals surface area contributed by atoms with E-state index in [2.05, 4.69) is 10.3 Å². The van der Waals surface area contributed by atoms with Gasteiger partial charge in [0.2, 0.25) is 5.91 Å². The summed E-state index contributed by atoms with van der Waals surface area (Å²) in [5.74, 6) is -1.55. The lowest BCUT2D eigenvalue weighted by Gasteiger charge is -2.35. The predicted octanol–water partition coefficient (Wildman–Crippen LogP) is -0.624. The maximum Gasteiger partial charge on any atom is 0.328 e. The number of β-lactam (4-membered cyclic amide) rings is 1. The minimum absolute atomic E-state index is 0.0869. The van der Waals surface area contributed by atoms with Crippen LogP contribution in [0, 0.1) is 0 Å². The first kappa shape index (κ1) is 15.5. The van der Waals surface area contributed by atoms with Crippen LogP contribution in [0.5, 0.6) is 0 Å². The van der Waals surface area contributed by atoms with E-state index < -0.39 is 37.9 Å². The molecule has 10 nitrogen and oxygen atoms in total. The van der Waals surface area contributed by atoms with Crippen LogP contribution in [0.2, 0.25) is 0 Å². The Labute approximate surface area is 130 Å². The number of hydrogen-bond donors (Lipinski definition) is 1. The van der Waals surface area contributed by atoms with Crippen molar-refractivity contribution in [1.29, 1.82) is 0 Å². The molecule has 0 aliphatic carbocycles. The van der Waals surface area contributed by atoms with Gasteiger partial charge in [-0.15, -0.1) is 0 Å². The summed E-state index contributed by atoms with van der Waals surface area (Å²) in [6.07, 6.45) is 2.11. The van der Waals surface area contributed by atoms with Gasteiger partial charge in [0.15, 0.2) is 28.2 Å². The van der Waals surface area contributed by atoms with Gasteiger partial charge in [0.05, 0.1) is 18.8 Å². The van der Waals surface area contributed by atoms with E-state index in [0.717, 1.165) is 11.1 Å². The average Bonchev–Trinajstić information content (AvgIpc) is 3.02. The molecule has 3 rings (SSSR count). The van der Waals surface area contributed by atoms with Crippen LogP contribution in [-0.2, 0) is 30.9 Å². The molecule has 0 unspecified atom stereocenters. The summed E-state index contributed by atoms with van der Waals surface area (Å²) in [4.78, 5) is 28.9. The van der Waals surface area contributed by atoms with Crippen molar-refractivity contribution in [3.63, 3.8) is 0 Å². The van der Waals surface area contributed by atoms with Crippen molar-refractivity contribution in [1.82, 2.24) is 10.1 Å². The van der Waals surface area contributed by atoms with E-state index in [1.807, 2.05) is 0 Å². The number of oxime groups is 1. The molecule has 3 atom stereocenters. The predicted molar refractivity (Wildman–Crippen MR) is 73.8 cm³/mol. The molecular weight excluding hydrogens is 330 g/mol. The zero-order valence-corrected chi connectivity index (χ0v) is 12.8. The molecule has 2 fully saturated rings. The topological polar surface area (TPSA) is 139 Å². The minimum atomic E-state index is -3.93. The van der Waals surface area contributed by atoms with Crippen LogP contribution >= 0.6 is 0 Å². The third-order valence-electron chi connectivity index (χ3n) is 4.06. The highest BCUT2D eigenvalue weighted by atomic mass is 32.2. The molecule has 1 N–H and O–H groups in total. The molecule has 0 bridgehead atoms. The first-order valence-electron chi connectivity index (χ1n) is 6.62. The lowest BCUT2D eigenvalue weighted by atomic mass is 9.98. The standard InChI is InChI=1S/C12H13N3O7S/c1-12(6-14-21-5-7-2-3-13-22-7)10(11(17)18)15-8(16)4-9(15)23(12,19)20/h2-3,6,9-10H,4-5H2,1H3,(H,17,18)/b14-6+/t9-,10+,12+/m1/s1. The number of amides is 1. The molecule has 0 spiro atoms. The van der Waals surface area contributed by atoms with E-state index in [0.29, 0.717) is 5.76 Å². The van der Waals surface area contributed by atoms with Crippen LogP contribution in [-0.4, -0.2) is 57.8 Å². The molecule has 23 heavy (non-hydrogen) atoms. The van der Waals surface area contributed by atoms with Gasteiger partial charge in [-0.05, 0) is 6.92 Å². The number of nitrogens with zero attached hydrogens (tertiary/aromatic N) is 3. The molecule has 1 aromatic rings. The number of carbonyl (C=O) groups is 2. The van der Waals surface area contributed by atoms with Gasteiger partial charge in [0.25, 0.3) is 0 Å². The van der Waals surface area contributed by atoms with Gasteiger partial charge in [-0.2, -0.15) is 0 Å². The van der Waals surface area contributed by atoms with Crippen molar-refractivity contribution in [3.8, 4) is 0 Å². The molecule has 11 heteroatoms. The lowest BCUT2D eigenvalue weighted by Crippen LogP contribution is -2.57. The SMILES string of the molecule is C[C@]1(/C=N/OCc2ccno2)[C@H](C(=O)O)N2C(=O)C[C@H]2S1(=O)=O. The molecule has 0 saturated carbocycles. The van der Waals surface area contributed by atoms with Gasteiger partial charge in [-0.3, -0.25) is 4.79 Å². The Morgan fingerprint density at radius 2 is 2.43 bits per heavy atom. The largest absolute Gasteiger partial charge is 0.480 e. The molecule has 0 aromatic carbocycles. The number of sulfone groups is 1. The first-order valence-corrected chi connectivity index (χ1v) is 8.17. The normalized spacial score (nSPS) is 31.9. The third-order valence-corrected chi connectivity index (χ3v) is 6.72. The summed E-state index contributed by atoms with van der Waals surface area (Å²) < 4.78 is 28.0. The van der Waals surface area contributed by atoms with Crippen molar-refractivity contribution in [2.24, 2.45) is 5.16 Å². The van der Waals surface area contributed by atoms with Gasteiger partial charge < -0.3 is 19.4 Å². The molecule has 2 aliphatic rings. The van der Waals surface area contributed by atoms with Gasteiger partial charge in [0, 0.05) is 6.07 Å². The number of aliphatic carboxylic acids is 1. The fraction of sp³-hybridized carbons (Fsp3) is 0.500. The Kier molecular flexibility index (Phi) is 3.39. The number of carboxylic acid groups (broad SMARTS) is 1. The molecule has 3 heterocycles. The number of aromatic nitrogens is 1. The Balaban J connectivity index is 1.84. The second-order valence-corrected chi connectivity index (χ2v) is 7.93. The Hall–Kier alpha value is -2.43. The van der Waals surface area contributed by atoms with E-state index >= 15 is 0 Å². The number of carboxylic acids is 1. The van der Waals surface area contributed by atoms with Crippen molar-refractivity contribution >= 4 is 27.9 Å². The summed E-state index contributed by atoms with van der Waals surface area (Å²) in [5, 5.41) is 15.2. The molecule has 2 saturated heterocycles. The second kappa shape index (κ2) is 5.05. The quantitative estimate of drug-likeness (QED) is 0.424. The van der Waals surface area contributed by atoms with Gasteiger partial charge in [-0.25, -0.2) is 13.2 Å². The number of fused-ring (bicyclic) bond motifs is 1. The molecule has 2 aliphatic heterocycles. The first-order chi connectivity index (χ1) is 10.8.